The number of fused-ring (bicyclic) bond motifs is 1. The lowest BCUT2D eigenvalue weighted by molar-refractivity contribution is -0.141. The van der Waals surface area contributed by atoms with Crippen LogP contribution < -0.4 is 10.2 Å². The molecule has 0 radical (unpaired) electrons. The monoisotopic (exact) mass is 475 g/mol. The van der Waals surface area contributed by atoms with Crippen molar-refractivity contribution in [3.63, 3.8) is 0 Å². The number of rotatable bonds is 5. The topological polar surface area (TPSA) is 52.7 Å². The Hall–Kier alpha value is -3.58. The summed E-state index contributed by atoms with van der Waals surface area (Å²) in [6.07, 6.45) is 3.58. The summed E-state index contributed by atoms with van der Waals surface area (Å²) in [5.41, 5.74) is 3.64. The maximum Gasteiger partial charge on any atom is 0.352 e. The number of nitrogens with one attached hydrogen (secondary N) is 1. The van der Waals surface area contributed by atoms with E-state index in [1.807, 2.05) is 30.3 Å². The molecule has 0 saturated carbocycles. The number of halogens is 2. The van der Waals surface area contributed by atoms with Gasteiger partial charge in [0.15, 0.2) is 0 Å². The summed E-state index contributed by atoms with van der Waals surface area (Å²) < 4.78 is 28.8. The average Bonchev–Trinajstić information content (AvgIpc) is 3.05. The summed E-state index contributed by atoms with van der Waals surface area (Å²) in [5.74, 6) is -5.26. The van der Waals surface area contributed by atoms with Crippen LogP contribution in [0.5, 0.6) is 0 Å². The lowest BCUT2D eigenvalue weighted by Gasteiger charge is -2.27. The van der Waals surface area contributed by atoms with E-state index in [0.717, 1.165) is 41.2 Å². The molecule has 5 rings (SSSR count). The molecule has 7 heteroatoms. The molecule has 0 aromatic heterocycles. The molecule has 0 spiro atoms. The van der Waals surface area contributed by atoms with Gasteiger partial charge in [0.2, 0.25) is 0 Å². The van der Waals surface area contributed by atoms with E-state index in [-0.39, 0.29) is 17.3 Å². The van der Waals surface area contributed by atoms with Gasteiger partial charge in [0.1, 0.15) is 0 Å². The molecule has 180 valence electrons. The molecule has 2 heterocycles. The van der Waals surface area contributed by atoms with E-state index in [4.69, 9.17) is 0 Å². The highest BCUT2D eigenvalue weighted by Crippen LogP contribution is 2.44. The van der Waals surface area contributed by atoms with Crippen LogP contribution in [-0.2, 0) is 17.3 Å². The molecule has 3 aromatic carbocycles. The van der Waals surface area contributed by atoms with E-state index in [2.05, 4.69) is 22.3 Å². The fraction of sp³-hybridized carbons (Fsp3) is 0.286. The highest BCUT2D eigenvalue weighted by Gasteiger charge is 2.51. The van der Waals surface area contributed by atoms with E-state index in [0.29, 0.717) is 5.56 Å². The Balaban J connectivity index is 1.43. The number of hydrogen-bond donors (Lipinski definition) is 1. The van der Waals surface area contributed by atoms with Crippen LogP contribution in [0.15, 0.2) is 66.7 Å². The Bertz CT molecular complexity index is 1270. The van der Waals surface area contributed by atoms with Crippen molar-refractivity contribution in [1.82, 2.24) is 4.90 Å². The van der Waals surface area contributed by atoms with Gasteiger partial charge in [-0.3, -0.25) is 14.5 Å². The summed E-state index contributed by atoms with van der Waals surface area (Å²) >= 11 is 0. The van der Waals surface area contributed by atoms with Gasteiger partial charge in [-0.15, -0.1) is 0 Å². The second kappa shape index (κ2) is 9.23. The maximum atomic E-state index is 14.4. The number of benzene rings is 3. The standard InChI is InChI=1S/C28H27F2N3O2/c1-32-25-13-11-22(17-24(25)28(29,30)27(32)35)31-26(34)20-10-12-23(19-8-4-2-5-9-19)21(16-20)18-33-14-6-3-7-15-33/h2,4-5,8-13,16-17H,3,6-7,14-15,18H2,1H3,(H,31,34). The molecular weight excluding hydrogens is 448 g/mol. The van der Waals surface area contributed by atoms with E-state index < -0.39 is 17.4 Å². The fourth-order valence-corrected chi connectivity index (χ4v) is 4.92. The first kappa shape index (κ1) is 23.2. The molecule has 2 aliphatic rings. The molecule has 2 amide bonds. The molecule has 35 heavy (non-hydrogen) atoms. The minimum Gasteiger partial charge on any atom is -0.322 e. The SMILES string of the molecule is CN1C(=O)C(F)(F)c2cc(NC(=O)c3ccc(-c4ccccc4)c(CN4CCCCC4)c3)ccc21. The Morgan fingerprint density at radius 1 is 0.971 bits per heavy atom. The molecule has 0 atom stereocenters. The first-order valence-corrected chi connectivity index (χ1v) is 11.9. The highest BCUT2D eigenvalue weighted by atomic mass is 19.3. The molecule has 2 aliphatic heterocycles. The Morgan fingerprint density at radius 3 is 2.46 bits per heavy atom. The zero-order valence-electron chi connectivity index (χ0n) is 19.6. The normalized spacial score (nSPS) is 17.3. The van der Waals surface area contributed by atoms with Crippen LogP contribution in [-0.4, -0.2) is 36.9 Å². The lowest BCUT2D eigenvalue weighted by atomic mass is 9.96. The zero-order valence-corrected chi connectivity index (χ0v) is 19.6. The summed E-state index contributed by atoms with van der Waals surface area (Å²) in [4.78, 5) is 28.3. The van der Waals surface area contributed by atoms with Crippen molar-refractivity contribution >= 4 is 23.2 Å². The van der Waals surface area contributed by atoms with Crippen molar-refractivity contribution in [1.29, 1.82) is 0 Å². The second-order valence-electron chi connectivity index (χ2n) is 9.20. The van der Waals surface area contributed by atoms with Crippen molar-refractivity contribution in [3.8, 4) is 11.1 Å². The number of amides is 2. The summed E-state index contributed by atoms with van der Waals surface area (Å²) in [7, 11) is 1.32. The van der Waals surface area contributed by atoms with Gasteiger partial charge < -0.3 is 10.2 Å². The van der Waals surface area contributed by atoms with Crippen LogP contribution in [0, 0.1) is 0 Å². The minimum atomic E-state index is -3.61. The van der Waals surface area contributed by atoms with Gasteiger partial charge in [0.25, 0.3) is 5.91 Å². The van der Waals surface area contributed by atoms with Gasteiger partial charge in [-0.05, 0) is 73.0 Å². The molecule has 1 saturated heterocycles. The number of carbonyl (C=O) groups is 2. The van der Waals surface area contributed by atoms with Crippen molar-refractivity contribution in [2.75, 3.05) is 30.4 Å². The Morgan fingerprint density at radius 2 is 1.71 bits per heavy atom. The Kier molecular flexibility index (Phi) is 6.11. The van der Waals surface area contributed by atoms with Gasteiger partial charge in [0.05, 0.1) is 11.3 Å². The average molecular weight is 476 g/mol. The predicted octanol–water partition coefficient (Wildman–Crippen LogP) is 5.66. The van der Waals surface area contributed by atoms with Crippen molar-refractivity contribution in [2.45, 2.75) is 31.7 Å². The fourth-order valence-electron chi connectivity index (χ4n) is 4.92. The number of piperidine rings is 1. The molecular formula is C28H27F2N3O2. The number of alkyl halides is 2. The van der Waals surface area contributed by atoms with Crippen LogP contribution in [0.2, 0.25) is 0 Å². The number of anilines is 2. The third-order valence-electron chi connectivity index (χ3n) is 6.82. The number of carbonyl (C=O) groups excluding carboxylic acids is 2. The molecule has 5 nitrogen and oxygen atoms in total. The molecule has 1 N–H and O–H groups in total. The summed E-state index contributed by atoms with van der Waals surface area (Å²) in [6.45, 7) is 2.80. The number of likely N-dealkylation sites (tertiary alicyclic amines) is 1. The van der Waals surface area contributed by atoms with Crippen LogP contribution in [0.4, 0.5) is 20.2 Å². The quantitative estimate of drug-likeness (QED) is 0.518. The smallest absolute Gasteiger partial charge is 0.322 e. The highest BCUT2D eigenvalue weighted by molar-refractivity contribution is 6.08. The molecule has 0 bridgehead atoms. The first-order valence-electron chi connectivity index (χ1n) is 11.9. The van der Waals surface area contributed by atoms with Gasteiger partial charge in [-0.2, -0.15) is 8.78 Å². The molecule has 3 aromatic rings. The first-order chi connectivity index (χ1) is 16.8. The van der Waals surface area contributed by atoms with Gasteiger partial charge in [-0.1, -0.05) is 42.8 Å². The predicted molar refractivity (Wildman–Crippen MR) is 133 cm³/mol. The number of nitrogens with zero attached hydrogens (tertiary/aromatic N) is 2. The zero-order chi connectivity index (χ0) is 24.6. The van der Waals surface area contributed by atoms with E-state index in [1.54, 1.807) is 6.07 Å². The molecule has 0 aliphatic carbocycles. The maximum absolute atomic E-state index is 14.4. The van der Waals surface area contributed by atoms with E-state index in [1.165, 1.54) is 44.5 Å². The van der Waals surface area contributed by atoms with Crippen LogP contribution >= 0.6 is 0 Å². The van der Waals surface area contributed by atoms with Crippen LogP contribution in [0.1, 0.15) is 40.7 Å². The van der Waals surface area contributed by atoms with Crippen molar-refractivity contribution in [3.05, 3.63) is 83.4 Å². The van der Waals surface area contributed by atoms with Gasteiger partial charge in [0, 0.05) is 24.8 Å². The second-order valence-corrected chi connectivity index (χ2v) is 9.20. The molecule has 0 unspecified atom stereocenters. The largest absolute Gasteiger partial charge is 0.352 e. The van der Waals surface area contributed by atoms with Crippen molar-refractivity contribution < 1.29 is 18.4 Å². The van der Waals surface area contributed by atoms with Gasteiger partial charge in [-0.25, -0.2) is 0 Å². The minimum absolute atomic E-state index is 0.147. The number of likely N-dealkylation sites (N-methyl/N-ethyl adjacent to an activating group) is 1. The summed E-state index contributed by atoms with van der Waals surface area (Å²) in [6, 6.07) is 19.8. The van der Waals surface area contributed by atoms with Crippen LogP contribution in [0.25, 0.3) is 11.1 Å². The van der Waals surface area contributed by atoms with E-state index in [9.17, 15) is 18.4 Å². The van der Waals surface area contributed by atoms with Crippen LogP contribution in [0.3, 0.4) is 0 Å². The Labute approximate surface area is 203 Å². The van der Waals surface area contributed by atoms with Crippen molar-refractivity contribution in [2.24, 2.45) is 0 Å². The lowest BCUT2D eigenvalue weighted by Crippen LogP contribution is -2.31. The van der Waals surface area contributed by atoms with Gasteiger partial charge >= 0.3 is 11.8 Å². The molecule has 1 fully saturated rings. The third-order valence-corrected chi connectivity index (χ3v) is 6.82. The van der Waals surface area contributed by atoms with E-state index >= 15 is 0 Å². The number of hydrogen-bond acceptors (Lipinski definition) is 3. The summed E-state index contributed by atoms with van der Waals surface area (Å²) in [5, 5.41) is 2.73. The third kappa shape index (κ3) is 4.44.